The van der Waals surface area contributed by atoms with Gasteiger partial charge in [0.15, 0.2) is 0 Å². The van der Waals surface area contributed by atoms with Crippen LogP contribution in [0.4, 0.5) is 0 Å². The topological polar surface area (TPSA) is 24.1 Å². The molecule has 0 bridgehead atoms. The van der Waals surface area contributed by atoms with Crippen molar-refractivity contribution in [1.82, 2.24) is 10.6 Å². The van der Waals surface area contributed by atoms with Crippen LogP contribution in [-0.2, 0) is 0 Å². The quantitative estimate of drug-likeness (QED) is 0.719. The van der Waals surface area contributed by atoms with Crippen LogP contribution in [0, 0.1) is 5.92 Å². The summed E-state index contributed by atoms with van der Waals surface area (Å²) in [6.45, 7) is 7.03. The van der Waals surface area contributed by atoms with E-state index < -0.39 is 0 Å². The van der Waals surface area contributed by atoms with Crippen molar-refractivity contribution in [3.8, 4) is 0 Å². The summed E-state index contributed by atoms with van der Waals surface area (Å²) in [4.78, 5) is 0. The second-order valence-electron chi connectivity index (χ2n) is 5.25. The maximum absolute atomic E-state index is 3.66. The summed E-state index contributed by atoms with van der Waals surface area (Å²) in [7, 11) is 0. The average molecular weight is 244 g/mol. The molecular formula is C13H28N2S. The highest BCUT2D eigenvalue weighted by molar-refractivity contribution is 7.98. The van der Waals surface area contributed by atoms with E-state index in [1.165, 1.54) is 38.0 Å². The maximum atomic E-state index is 3.66. The van der Waals surface area contributed by atoms with Gasteiger partial charge in [-0.05, 0) is 57.2 Å². The highest BCUT2D eigenvalue weighted by atomic mass is 32.2. The Labute approximate surface area is 105 Å². The van der Waals surface area contributed by atoms with E-state index in [1.807, 2.05) is 11.8 Å². The maximum Gasteiger partial charge on any atom is 0.00817 e. The largest absolute Gasteiger partial charge is 0.314 e. The summed E-state index contributed by atoms with van der Waals surface area (Å²) in [5.74, 6) is 2.05. The second kappa shape index (κ2) is 8.37. The van der Waals surface area contributed by atoms with Crippen molar-refractivity contribution in [2.24, 2.45) is 5.92 Å². The molecule has 1 heterocycles. The summed E-state index contributed by atoms with van der Waals surface area (Å²) in [6.07, 6.45) is 7.61. The number of hydrogen-bond acceptors (Lipinski definition) is 3. The van der Waals surface area contributed by atoms with Crippen LogP contribution in [0.2, 0.25) is 0 Å². The van der Waals surface area contributed by atoms with Crippen LogP contribution in [0.15, 0.2) is 0 Å². The Balaban J connectivity index is 2.07. The third kappa shape index (κ3) is 6.12. The highest BCUT2D eigenvalue weighted by Gasteiger charge is 2.15. The first-order valence-corrected chi connectivity index (χ1v) is 8.07. The van der Waals surface area contributed by atoms with Crippen LogP contribution in [0.25, 0.3) is 0 Å². The molecule has 0 amide bonds. The third-order valence-corrected chi connectivity index (χ3v) is 4.22. The zero-order valence-corrected chi connectivity index (χ0v) is 11.9. The molecule has 0 saturated carbocycles. The fourth-order valence-electron chi connectivity index (χ4n) is 2.38. The minimum atomic E-state index is 0.653. The Bertz CT molecular complexity index is 169. The molecule has 0 aromatic rings. The Morgan fingerprint density at radius 2 is 2.19 bits per heavy atom. The van der Waals surface area contributed by atoms with Crippen molar-refractivity contribution in [2.75, 3.05) is 25.1 Å². The Kier molecular flexibility index (Phi) is 7.50. The monoisotopic (exact) mass is 244 g/mol. The number of hydrogen-bond donors (Lipinski definition) is 2. The van der Waals surface area contributed by atoms with Crippen molar-refractivity contribution in [3.63, 3.8) is 0 Å². The van der Waals surface area contributed by atoms with Crippen molar-refractivity contribution in [3.05, 3.63) is 0 Å². The van der Waals surface area contributed by atoms with Crippen molar-refractivity contribution < 1.29 is 0 Å². The zero-order valence-electron chi connectivity index (χ0n) is 11.1. The minimum absolute atomic E-state index is 0.653. The van der Waals surface area contributed by atoms with Gasteiger partial charge in [0.1, 0.15) is 0 Å². The Morgan fingerprint density at radius 1 is 1.38 bits per heavy atom. The van der Waals surface area contributed by atoms with Gasteiger partial charge in [-0.2, -0.15) is 11.8 Å². The molecule has 0 aliphatic carbocycles. The summed E-state index contributed by atoms with van der Waals surface area (Å²) in [5, 5.41) is 7.28. The molecule has 0 aromatic carbocycles. The predicted molar refractivity (Wildman–Crippen MR) is 75.3 cm³/mol. The molecule has 3 atom stereocenters. The summed E-state index contributed by atoms with van der Waals surface area (Å²) < 4.78 is 0. The van der Waals surface area contributed by atoms with E-state index in [0.717, 1.165) is 18.5 Å². The van der Waals surface area contributed by atoms with Gasteiger partial charge in [0, 0.05) is 12.1 Å². The van der Waals surface area contributed by atoms with E-state index in [-0.39, 0.29) is 0 Å². The molecular weight excluding hydrogens is 216 g/mol. The van der Waals surface area contributed by atoms with E-state index in [0.29, 0.717) is 6.04 Å². The SMILES string of the molecule is CSCC(C)CNC(C)CC1CCCCN1. The molecule has 0 radical (unpaired) electrons. The average Bonchev–Trinajstić information content (AvgIpc) is 2.28. The summed E-state index contributed by atoms with van der Waals surface area (Å²) >= 11 is 1.94. The standard InChI is InChI=1S/C13H28N2S/c1-11(10-16-3)9-15-12(2)8-13-6-4-5-7-14-13/h11-15H,4-10H2,1-3H3. The first kappa shape index (κ1) is 14.3. The lowest BCUT2D eigenvalue weighted by Crippen LogP contribution is -2.41. The summed E-state index contributed by atoms with van der Waals surface area (Å²) in [6, 6.07) is 1.41. The molecule has 1 saturated heterocycles. The van der Waals surface area contributed by atoms with Gasteiger partial charge in [-0.3, -0.25) is 0 Å². The van der Waals surface area contributed by atoms with Crippen LogP contribution in [0.5, 0.6) is 0 Å². The zero-order chi connectivity index (χ0) is 11.8. The van der Waals surface area contributed by atoms with Crippen molar-refractivity contribution in [1.29, 1.82) is 0 Å². The highest BCUT2D eigenvalue weighted by Crippen LogP contribution is 2.12. The van der Waals surface area contributed by atoms with Gasteiger partial charge < -0.3 is 10.6 Å². The first-order chi connectivity index (χ1) is 7.72. The molecule has 3 unspecified atom stereocenters. The van der Waals surface area contributed by atoms with E-state index in [2.05, 4.69) is 30.7 Å². The molecule has 1 aliphatic rings. The van der Waals surface area contributed by atoms with E-state index in [1.54, 1.807) is 0 Å². The molecule has 0 spiro atoms. The number of rotatable bonds is 7. The van der Waals surface area contributed by atoms with Crippen LogP contribution in [0.3, 0.4) is 0 Å². The predicted octanol–water partition coefficient (Wildman–Crippen LogP) is 2.50. The molecule has 3 heteroatoms. The van der Waals surface area contributed by atoms with Gasteiger partial charge in [0.05, 0.1) is 0 Å². The van der Waals surface area contributed by atoms with Crippen LogP contribution in [0.1, 0.15) is 39.5 Å². The molecule has 96 valence electrons. The van der Waals surface area contributed by atoms with Gasteiger partial charge >= 0.3 is 0 Å². The molecule has 2 N–H and O–H groups in total. The van der Waals surface area contributed by atoms with Gasteiger partial charge in [0.2, 0.25) is 0 Å². The van der Waals surface area contributed by atoms with Crippen molar-refractivity contribution in [2.45, 2.75) is 51.6 Å². The normalized spacial score (nSPS) is 25.3. The number of piperidine rings is 1. The molecule has 1 fully saturated rings. The Hall–Kier alpha value is 0.270. The first-order valence-electron chi connectivity index (χ1n) is 6.68. The fraction of sp³-hybridized carbons (Fsp3) is 1.00. The molecule has 1 rings (SSSR count). The van der Waals surface area contributed by atoms with Gasteiger partial charge in [0.25, 0.3) is 0 Å². The van der Waals surface area contributed by atoms with Gasteiger partial charge in [-0.25, -0.2) is 0 Å². The molecule has 1 aliphatic heterocycles. The van der Waals surface area contributed by atoms with Crippen molar-refractivity contribution >= 4 is 11.8 Å². The molecule has 0 aromatic heterocycles. The fourth-order valence-corrected chi connectivity index (χ4v) is 3.07. The lowest BCUT2D eigenvalue weighted by Gasteiger charge is -2.27. The summed E-state index contributed by atoms with van der Waals surface area (Å²) in [5.41, 5.74) is 0. The van der Waals surface area contributed by atoms with Crippen LogP contribution < -0.4 is 10.6 Å². The lowest BCUT2D eigenvalue weighted by atomic mass is 9.98. The van der Waals surface area contributed by atoms with Crippen LogP contribution in [-0.4, -0.2) is 37.2 Å². The Morgan fingerprint density at radius 3 is 2.81 bits per heavy atom. The lowest BCUT2D eigenvalue weighted by molar-refractivity contribution is 0.340. The van der Waals surface area contributed by atoms with Gasteiger partial charge in [-0.1, -0.05) is 13.3 Å². The van der Waals surface area contributed by atoms with E-state index >= 15 is 0 Å². The van der Waals surface area contributed by atoms with E-state index in [4.69, 9.17) is 0 Å². The minimum Gasteiger partial charge on any atom is -0.314 e. The number of nitrogens with one attached hydrogen (secondary N) is 2. The molecule has 16 heavy (non-hydrogen) atoms. The number of thioether (sulfide) groups is 1. The van der Waals surface area contributed by atoms with Crippen LogP contribution >= 0.6 is 11.8 Å². The smallest absolute Gasteiger partial charge is 0.00817 e. The van der Waals surface area contributed by atoms with Gasteiger partial charge in [-0.15, -0.1) is 0 Å². The molecule has 2 nitrogen and oxygen atoms in total. The second-order valence-corrected chi connectivity index (χ2v) is 6.16. The third-order valence-electron chi connectivity index (χ3n) is 3.32. The van der Waals surface area contributed by atoms with E-state index in [9.17, 15) is 0 Å².